The molecule has 0 saturated carbocycles. The van der Waals surface area contributed by atoms with Crippen LogP contribution in [0.2, 0.25) is 0 Å². The van der Waals surface area contributed by atoms with Gasteiger partial charge in [0.05, 0.1) is 5.92 Å². The van der Waals surface area contributed by atoms with E-state index in [9.17, 15) is 14.4 Å². The number of nitrogens with one attached hydrogen (secondary N) is 2. The Kier molecular flexibility index (Phi) is 4.43. The van der Waals surface area contributed by atoms with E-state index < -0.39 is 0 Å². The van der Waals surface area contributed by atoms with Crippen LogP contribution in [0.4, 0.5) is 0 Å². The highest BCUT2D eigenvalue weighted by Gasteiger charge is 2.30. The summed E-state index contributed by atoms with van der Waals surface area (Å²) in [7, 11) is 0. The van der Waals surface area contributed by atoms with Gasteiger partial charge in [-0.2, -0.15) is 0 Å². The number of carbonyl (C=O) groups excluding carboxylic acids is 3. The minimum atomic E-state index is -0.293. The zero-order chi connectivity index (χ0) is 16.4. The average Bonchev–Trinajstić information content (AvgIpc) is 2.85. The molecule has 122 valence electrons. The van der Waals surface area contributed by atoms with Gasteiger partial charge in [0.2, 0.25) is 11.8 Å². The summed E-state index contributed by atoms with van der Waals surface area (Å²) < 4.78 is 0. The van der Waals surface area contributed by atoms with Crippen LogP contribution < -0.4 is 10.6 Å². The molecule has 23 heavy (non-hydrogen) atoms. The summed E-state index contributed by atoms with van der Waals surface area (Å²) in [6.07, 6.45) is 0.773. The number of hydrogen-bond donors (Lipinski definition) is 2. The Bertz CT molecular complexity index is 626. The first-order valence-corrected chi connectivity index (χ1v) is 7.98. The van der Waals surface area contributed by atoms with Crippen molar-refractivity contribution in [2.75, 3.05) is 19.6 Å². The van der Waals surface area contributed by atoms with Crippen LogP contribution >= 0.6 is 0 Å². The van der Waals surface area contributed by atoms with E-state index in [2.05, 4.69) is 17.6 Å². The lowest BCUT2D eigenvalue weighted by atomic mass is 9.97. The van der Waals surface area contributed by atoms with E-state index in [0.717, 1.165) is 18.7 Å². The quantitative estimate of drug-likeness (QED) is 0.788. The zero-order valence-corrected chi connectivity index (χ0v) is 13.2. The predicted molar refractivity (Wildman–Crippen MR) is 84.8 cm³/mol. The van der Waals surface area contributed by atoms with Gasteiger partial charge in [-0.15, -0.1) is 0 Å². The maximum absolute atomic E-state index is 12.5. The third-order valence-corrected chi connectivity index (χ3v) is 4.40. The van der Waals surface area contributed by atoms with Gasteiger partial charge in [-0.1, -0.05) is 12.1 Å². The number of imide groups is 1. The highest BCUT2D eigenvalue weighted by Crippen LogP contribution is 2.18. The van der Waals surface area contributed by atoms with Crippen molar-refractivity contribution in [3.63, 3.8) is 0 Å². The van der Waals surface area contributed by atoms with Gasteiger partial charge in [0, 0.05) is 37.7 Å². The molecule has 0 aliphatic carbocycles. The lowest BCUT2D eigenvalue weighted by Gasteiger charge is -2.32. The monoisotopic (exact) mass is 315 g/mol. The van der Waals surface area contributed by atoms with E-state index in [0.29, 0.717) is 24.6 Å². The van der Waals surface area contributed by atoms with E-state index in [-0.39, 0.29) is 30.1 Å². The minimum absolute atomic E-state index is 0.0405. The lowest BCUT2D eigenvalue weighted by Crippen LogP contribution is -2.51. The molecule has 6 nitrogen and oxygen atoms in total. The first-order valence-electron chi connectivity index (χ1n) is 7.98. The van der Waals surface area contributed by atoms with Crippen molar-refractivity contribution in [2.45, 2.75) is 25.8 Å². The molecule has 2 aliphatic rings. The lowest BCUT2D eigenvalue weighted by molar-refractivity contribution is -0.125. The Balaban J connectivity index is 1.63. The van der Waals surface area contributed by atoms with Crippen molar-refractivity contribution < 1.29 is 14.4 Å². The van der Waals surface area contributed by atoms with Crippen molar-refractivity contribution in [1.82, 2.24) is 15.5 Å². The molecule has 0 radical (unpaired) electrons. The minimum Gasteiger partial charge on any atom is -0.336 e. The average molecular weight is 315 g/mol. The molecule has 2 heterocycles. The maximum Gasteiger partial charge on any atom is 0.253 e. The van der Waals surface area contributed by atoms with Crippen molar-refractivity contribution in [3.05, 3.63) is 35.4 Å². The molecular formula is C17H21N3O3. The SMILES string of the molecule is CC1CN(C(=O)c2ccc(CC3CC(=O)NC3=O)cc2)CCN1. The van der Waals surface area contributed by atoms with Gasteiger partial charge in [0.1, 0.15) is 0 Å². The van der Waals surface area contributed by atoms with Crippen LogP contribution in [0.15, 0.2) is 24.3 Å². The molecule has 1 aromatic rings. The second kappa shape index (κ2) is 6.50. The molecule has 0 spiro atoms. The molecule has 6 heteroatoms. The first-order chi connectivity index (χ1) is 11.0. The molecule has 2 saturated heterocycles. The molecule has 3 rings (SSSR count). The highest BCUT2D eigenvalue weighted by molar-refractivity contribution is 6.03. The Morgan fingerprint density at radius 2 is 2.00 bits per heavy atom. The Hall–Kier alpha value is -2.21. The molecule has 2 aliphatic heterocycles. The van der Waals surface area contributed by atoms with E-state index in [4.69, 9.17) is 0 Å². The molecular weight excluding hydrogens is 294 g/mol. The van der Waals surface area contributed by atoms with Crippen LogP contribution in [-0.2, 0) is 16.0 Å². The summed E-state index contributed by atoms with van der Waals surface area (Å²) in [6.45, 7) is 4.31. The molecule has 2 atom stereocenters. The highest BCUT2D eigenvalue weighted by atomic mass is 16.2. The standard InChI is InChI=1S/C17H21N3O3/c1-11-10-20(7-6-18-11)17(23)13-4-2-12(3-5-13)8-14-9-15(21)19-16(14)22/h2-5,11,14,18H,6-10H2,1H3,(H,19,21,22). The van der Waals surface area contributed by atoms with Gasteiger partial charge in [-0.25, -0.2) is 0 Å². The second-order valence-electron chi connectivity index (χ2n) is 6.32. The van der Waals surface area contributed by atoms with Gasteiger partial charge in [0.25, 0.3) is 5.91 Å². The smallest absolute Gasteiger partial charge is 0.253 e. The largest absolute Gasteiger partial charge is 0.336 e. The molecule has 2 fully saturated rings. The summed E-state index contributed by atoms with van der Waals surface area (Å²) in [6, 6.07) is 7.66. The van der Waals surface area contributed by atoms with Gasteiger partial charge in [-0.3, -0.25) is 19.7 Å². The molecule has 0 aromatic heterocycles. The maximum atomic E-state index is 12.5. The predicted octanol–water partition coefficient (Wildman–Crippen LogP) is 0.326. The molecule has 2 N–H and O–H groups in total. The number of hydrogen-bond acceptors (Lipinski definition) is 4. The fourth-order valence-electron chi connectivity index (χ4n) is 3.14. The molecule has 1 aromatic carbocycles. The number of nitrogens with zero attached hydrogens (tertiary/aromatic N) is 1. The van der Waals surface area contributed by atoms with Crippen LogP contribution in [0, 0.1) is 5.92 Å². The number of carbonyl (C=O) groups is 3. The molecule has 3 amide bonds. The summed E-state index contributed by atoms with van der Waals surface area (Å²) in [5.74, 6) is -0.665. The normalized spacial score (nSPS) is 24.7. The van der Waals surface area contributed by atoms with E-state index in [1.54, 1.807) is 12.1 Å². The number of piperazine rings is 1. The van der Waals surface area contributed by atoms with Crippen molar-refractivity contribution >= 4 is 17.7 Å². The summed E-state index contributed by atoms with van der Waals surface area (Å²) in [5, 5.41) is 5.64. The van der Waals surface area contributed by atoms with Crippen LogP contribution in [0.3, 0.4) is 0 Å². The number of benzene rings is 1. The van der Waals surface area contributed by atoms with Gasteiger partial charge in [0.15, 0.2) is 0 Å². The topological polar surface area (TPSA) is 78.5 Å². The number of rotatable bonds is 3. The Morgan fingerprint density at radius 1 is 1.26 bits per heavy atom. The third-order valence-electron chi connectivity index (χ3n) is 4.40. The van der Waals surface area contributed by atoms with E-state index in [1.165, 1.54) is 0 Å². The fourth-order valence-corrected chi connectivity index (χ4v) is 3.14. The van der Waals surface area contributed by atoms with Crippen LogP contribution in [-0.4, -0.2) is 48.3 Å². The Labute approximate surface area is 135 Å². The van der Waals surface area contributed by atoms with Crippen LogP contribution in [0.5, 0.6) is 0 Å². The van der Waals surface area contributed by atoms with E-state index in [1.807, 2.05) is 17.0 Å². The number of amides is 3. The third kappa shape index (κ3) is 3.59. The van der Waals surface area contributed by atoms with Crippen LogP contribution in [0.25, 0.3) is 0 Å². The van der Waals surface area contributed by atoms with Gasteiger partial charge in [-0.05, 0) is 31.0 Å². The molecule has 2 unspecified atom stereocenters. The van der Waals surface area contributed by atoms with Gasteiger partial charge >= 0.3 is 0 Å². The summed E-state index contributed by atoms with van der Waals surface area (Å²) >= 11 is 0. The van der Waals surface area contributed by atoms with Crippen molar-refractivity contribution in [1.29, 1.82) is 0 Å². The zero-order valence-electron chi connectivity index (χ0n) is 13.2. The summed E-state index contributed by atoms with van der Waals surface area (Å²) in [5.41, 5.74) is 1.62. The van der Waals surface area contributed by atoms with Gasteiger partial charge < -0.3 is 10.2 Å². The Morgan fingerprint density at radius 3 is 2.61 bits per heavy atom. The first kappa shape index (κ1) is 15.7. The second-order valence-corrected chi connectivity index (χ2v) is 6.32. The van der Waals surface area contributed by atoms with E-state index >= 15 is 0 Å². The van der Waals surface area contributed by atoms with Crippen molar-refractivity contribution in [3.8, 4) is 0 Å². The van der Waals surface area contributed by atoms with Crippen molar-refractivity contribution in [2.24, 2.45) is 5.92 Å². The summed E-state index contributed by atoms with van der Waals surface area (Å²) in [4.78, 5) is 37.2. The fraction of sp³-hybridized carbons (Fsp3) is 0.471. The molecule has 0 bridgehead atoms. The van der Waals surface area contributed by atoms with Crippen LogP contribution in [0.1, 0.15) is 29.3 Å².